The summed E-state index contributed by atoms with van der Waals surface area (Å²) in [5, 5.41) is 34.2. The number of ketones is 1. The molecule has 0 saturated carbocycles. The average Bonchev–Trinajstić information content (AvgIpc) is 3.30. The van der Waals surface area contributed by atoms with Crippen molar-refractivity contribution in [2.24, 2.45) is 23.7 Å². The molecule has 9 nitrogen and oxygen atoms in total. The van der Waals surface area contributed by atoms with Gasteiger partial charge in [0.15, 0.2) is 17.7 Å². The summed E-state index contributed by atoms with van der Waals surface area (Å²) in [6, 6.07) is 0. The van der Waals surface area contributed by atoms with Crippen LogP contribution in [0.1, 0.15) is 73.6 Å². The maximum atomic E-state index is 14.0. The van der Waals surface area contributed by atoms with Crippen molar-refractivity contribution in [2.75, 3.05) is 6.61 Å². The predicted octanol–water partition coefficient (Wildman–Crippen LogP) is 3.71. The number of fused-ring (bicyclic) bond motifs is 2. The standard InChI is InChI=1S/C34H48O9/c1-7-18(2)30-22(6)27(35)16-33(43-30)15-25-14-24(42-33)12-11-20(4)28(36)19(3)9-8-10-23-17-40-31-29(37)21(5)13-26(32(38)41-25)34(23,31)39/h8-11,13,18-19,22,24-28,30-31,35-36,39H,7,12,14-17H2,1-6H3. The molecule has 4 aliphatic heterocycles. The number of aliphatic hydroxyl groups is 3. The van der Waals surface area contributed by atoms with E-state index in [1.54, 1.807) is 19.1 Å². The van der Waals surface area contributed by atoms with Gasteiger partial charge in [0.2, 0.25) is 0 Å². The van der Waals surface area contributed by atoms with Crippen LogP contribution in [0.15, 0.2) is 47.1 Å². The van der Waals surface area contributed by atoms with Crippen LogP contribution in [0.4, 0.5) is 0 Å². The molecule has 1 spiro atoms. The molecule has 9 heteroatoms. The Morgan fingerprint density at radius 1 is 1.09 bits per heavy atom. The van der Waals surface area contributed by atoms with Gasteiger partial charge in [-0.05, 0) is 42.9 Å². The fraction of sp³-hybridized carbons (Fsp3) is 0.706. The Labute approximate surface area is 254 Å². The fourth-order valence-electron chi connectivity index (χ4n) is 7.42. The van der Waals surface area contributed by atoms with Crippen LogP contribution in [0.2, 0.25) is 0 Å². The molecule has 12 atom stereocenters. The molecule has 3 N–H and O–H groups in total. The van der Waals surface area contributed by atoms with Crippen molar-refractivity contribution in [1.29, 1.82) is 0 Å². The highest BCUT2D eigenvalue weighted by Gasteiger charge is 2.60. The largest absolute Gasteiger partial charge is 0.462 e. The summed E-state index contributed by atoms with van der Waals surface area (Å²) in [5.41, 5.74) is -0.375. The smallest absolute Gasteiger partial charge is 0.316 e. The highest BCUT2D eigenvalue weighted by molar-refractivity contribution is 6.03. The molecule has 1 aliphatic carbocycles. The maximum absolute atomic E-state index is 14.0. The molecular formula is C34H48O9. The van der Waals surface area contributed by atoms with Crippen LogP contribution in [-0.4, -0.2) is 81.7 Å². The lowest BCUT2D eigenvalue weighted by Gasteiger charge is -2.52. The van der Waals surface area contributed by atoms with Gasteiger partial charge in [0.1, 0.15) is 17.6 Å². The van der Waals surface area contributed by atoms with Crippen molar-refractivity contribution in [3.8, 4) is 0 Å². The van der Waals surface area contributed by atoms with Crippen LogP contribution in [0.5, 0.6) is 0 Å². The van der Waals surface area contributed by atoms with Crippen molar-refractivity contribution in [1.82, 2.24) is 0 Å². The molecule has 238 valence electrons. The zero-order chi connectivity index (χ0) is 31.3. The van der Waals surface area contributed by atoms with Crippen LogP contribution < -0.4 is 0 Å². The topological polar surface area (TPSA) is 132 Å². The molecule has 0 aromatic carbocycles. The van der Waals surface area contributed by atoms with Crippen LogP contribution in [0.25, 0.3) is 0 Å². The van der Waals surface area contributed by atoms with Crippen molar-refractivity contribution < 1.29 is 43.9 Å². The van der Waals surface area contributed by atoms with Gasteiger partial charge < -0.3 is 34.3 Å². The summed E-state index contributed by atoms with van der Waals surface area (Å²) < 4.78 is 25.3. The molecule has 12 unspecified atom stereocenters. The van der Waals surface area contributed by atoms with E-state index < -0.39 is 53.8 Å². The van der Waals surface area contributed by atoms with Crippen LogP contribution in [-0.2, 0) is 28.5 Å². The molecule has 4 heterocycles. The minimum absolute atomic E-state index is 0.0125. The minimum atomic E-state index is -1.90. The first kappa shape index (κ1) is 32.3. The molecule has 5 rings (SSSR count). The molecular weight excluding hydrogens is 552 g/mol. The average molecular weight is 601 g/mol. The molecule has 43 heavy (non-hydrogen) atoms. The van der Waals surface area contributed by atoms with Crippen molar-refractivity contribution in [2.45, 2.75) is 122 Å². The first-order valence-electron chi connectivity index (χ1n) is 15.8. The normalized spacial score (nSPS) is 44.7. The Morgan fingerprint density at radius 3 is 2.56 bits per heavy atom. The Kier molecular flexibility index (Phi) is 9.25. The summed E-state index contributed by atoms with van der Waals surface area (Å²) in [5.74, 6) is -3.48. The second-order valence-corrected chi connectivity index (χ2v) is 13.5. The van der Waals surface area contributed by atoms with Gasteiger partial charge in [0, 0.05) is 31.1 Å². The van der Waals surface area contributed by atoms with E-state index in [1.165, 1.54) is 6.08 Å². The van der Waals surface area contributed by atoms with E-state index in [9.17, 15) is 24.9 Å². The maximum Gasteiger partial charge on any atom is 0.316 e. The first-order chi connectivity index (χ1) is 20.3. The van der Waals surface area contributed by atoms with E-state index in [0.717, 1.165) is 12.0 Å². The van der Waals surface area contributed by atoms with Gasteiger partial charge >= 0.3 is 5.97 Å². The third kappa shape index (κ3) is 5.97. The summed E-state index contributed by atoms with van der Waals surface area (Å²) in [6.07, 6.45) is 6.95. The fourth-order valence-corrected chi connectivity index (χ4v) is 7.42. The predicted molar refractivity (Wildman–Crippen MR) is 159 cm³/mol. The quantitative estimate of drug-likeness (QED) is 0.321. The lowest BCUT2D eigenvalue weighted by atomic mass is 9.71. The second-order valence-electron chi connectivity index (χ2n) is 13.5. The number of allylic oxidation sites excluding steroid dienone is 2. The second kappa shape index (κ2) is 12.3. The molecule has 0 aromatic rings. The number of aliphatic hydroxyl groups excluding tert-OH is 2. The zero-order valence-electron chi connectivity index (χ0n) is 26.2. The number of esters is 1. The van der Waals surface area contributed by atoms with Crippen LogP contribution in [0, 0.1) is 23.7 Å². The first-order valence-corrected chi connectivity index (χ1v) is 15.8. The number of hydrogen-bond acceptors (Lipinski definition) is 9. The highest BCUT2D eigenvalue weighted by Crippen LogP contribution is 2.47. The Balaban J connectivity index is 1.55. The van der Waals surface area contributed by atoms with Crippen molar-refractivity contribution >= 4 is 11.8 Å². The third-order valence-corrected chi connectivity index (χ3v) is 10.4. The van der Waals surface area contributed by atoms with E-state index in [1.807, 2.05) is 32.9 Å². The van der Waals surface area contributed by atoms with Gasteiger partial charge in [-0.25, -0.2) is 0 Å². The molecule has 2 bridgehead atoms. The third-order valence-electron chi connectivity index (χ3n) is 10.4. The Bertz CT molecular complexity index is 1220. The summed E-state index contributed by atoms with van der Waals surface area (Å²) in [6.45, 7) is 11.6. The summed E-state index contributed by atoms with van der Waals surface area (Å²) >= 11 is 0. The van der Waals surface area contributed by atoms with Gasteiger partial charge in [0.05, 0.1) is 31.0 Å². The lowest BCUT2D eigenvalue weighted by Crippen LogP contribution is -2.59. The molecule has 0 amide bonds. The Hall–Kier alpha value is -2.14. The number of rotatable bonds is 2. The molecule has 3 fully saturated rings. The van der Waals surface area contributed by atoms with Crippen molar-refractivity contribution in [3.05, 3.63) is 47.1 Å². The minimum Gasteiger partial charge on any atom is -0.462 e. The zero-order valence-corrected chi connectivity index (χ0v) is 26.2. The summed E-state index contributed by atoms with van der Waals surface area (Å²) in [4.78, 5) is 27.0. The van der Waals surface area contributed by atoms with Gasteiger partial charge in [0.25, 0.3) is 0 Å². The molecule has 3 saturated heterocycles. The SMILES string of the molecule is CCC(C)C1OC2(CC3CC(CC=C(C)C(O)C(C)C=CC=C4COC5C(=O)C(C)=CC(C(=O)O3)C45O)O2)CC(O)C1C. The number of hydrogen-bond donors (Lipinski definition) is 3. The molecule has 5 aliphatic rings. The number of carbonyl (C=O) groups is 2. The van der Waals surface area contributed by atoms with Gasteiger partial charge in [-0.15, -0.1) is 0 Å². The monoisotopic (exact) mass is 600 g/mol. The van der Waals surface area contributed by atoms with Crippen molar-refractivity contribution in [3.63, 3.8) is 0 Å². The van der Waals surface area contributed by atoms with E-state index in [-0.39, 0.29) is 49.1 Å². The van der Waals surface area contributed by atoms with Gasteiger partial charge in [-0.1, -0.05) is 64.5 Å². The van der Waals surface area contributed by atoms with Gasteiger partial charge in [-0.2, -0.15) is 0 Å². The number of ether oxygens (including phenoxy) is 4. The van der Waals surface area contributed by atoms with E-state index >= 15 is 0 Å². The van der Waals surface area contributed by atoms with E-state index in [4.69, 9.17) is 18.9 Å². The number of carbonyl (C=O) groups excluding carboxylic acids is 2. The van der Waals surface area contributed by atoms with E-state index in [2.05, 4.69) is 13.8 Å². The highest BCUT2D eigenvalue weighted by atomic mass is 16.7. The van der Waals surface area contributed by atoms with Crippen LogP contribution >= 0.6 is 0 Å². The lowest BCUT2D eigenvalue weighted by molar-refractivity contribution is -0.354. The summed E-state index contributed by atoms with van der Waals surface area (Å²) in [7, 11) is 0. The molecule has 0 aromatic heterocycles. The van der Waals surface area contributed by atoms with Crippen LogP contribution in [0.3, 0.4) is 0 Å². The van der Waals surface area contributed by atoms with Gasteiger partial charge in [-0.3, -0.25) is 9.59 Å². The Morgan fingerprint density at radius 2 is 1.84 bits per heavy atom. The number of Topliss-reactive ketones (excluding diaryl/α,β-unsaturated/α-hetero) is 1. The molecule has 0 radical (unpaired) electrons. The van der Waals surface area contributed by atoms with E-state index in [0.29, 0.717) is 24.0 Å².